The summed E-state index contributed by atoms with van der Waals surface area (Å²) in [5, 5.41) is 26.2. The van der Waals surface area contributed by atoms with Crippen molar-refractivity contribution in [1.29, 1.82) is 0 Å². The Kier molecular flexibility index (Phi) is 4.26. The lowest BCUT2D eigenvalue weighted by atomic mass is 10.1. The molecule has 0 aliphatic heterocycles. The van der Waals surface area contributed by atoms with Crippen LogP contribution in [0.15, 0.2) is 12.3 Å². The minimum absolute atomic E-state index is 0.0357. The van der Waals surface area contributed by atoms with Crippen molar-refractivity contribution in [2.45, 2.75) is 19.1 Å². The Morgan fingerprint density at radius 1 is 1.58 bits per heavy atom. The van der Waals surface area contributed by atoms with Gasteiger partial charge >= 0.3 is 0 Å². The molecular weight excluding hydrogens is 270 g/mol. The summed E-state index contributed by atoms with van der Waals surface area (Å²) < 4.78 is 5.56. The number of aliphatic hydroxyl groups excluding tert-OH is 2. The van der Waals surface area contributed by atoms with Gasteiger partial charge in [0.2, 0.25) is 0 Å². The summed E-state index contributed by atoms with van der Waals surface area (Å²) in [5.74, 6) is 0.499. The quantitative estimate of drug-likeness (QED) is 0.655. The van der Waals surface area contributed by atoms with E-state index in [-0.39, 0.29) is 19.3 Å². The van der Waals surface area contributed by atoms with Gasteiger partial charge in [-0.1, -0.05) is 11.6 Å². The molecule has 0 spiro atoms. The zero-order valence-corrected chi connectivity index (χ0v) is 11.2. The van der Waals surface area contributed by atoms with Gasteiger partial charge in [0.15, 0.2) is 0 Å². The second kappa shape index (κ2) is 5.75. The number of hydrogen-bond donors (Lipinski definition) is 4. The van der Waals surface area contributed by atoms with E-state index in [9.17, 15) is 5.11 Å². The van der Waals surface area contributed by atoms with Crippen LogP contribution in [0.5, 0.6) is 5.75 Å². The van der Waals surface area contributed by atoms with E-state index in [1.165, 1.54) is 0 Å². The summed E-state index contributed by atoms with van der Waals surface area (Å²) >= 11 is 6.15. The van der Waals surface area contributed by atoms with E-state index in [2.05, 4.69) is 10.2 Å². The molecule has 1 heterocycles. The minimum atomic E-state index is -0.949. The topological polar surface area (TPSA) is 104 Å². The number of halogens is 1. The van der Waals surface area contributed by atoms with Crippen molar-refractivity contribution in [2.24, 2.45) is 5.73 Å². The molecule has 6 nitrogen and oxygen atoms in total. The highest BCUT2D eigenvalue weighted by Gasteiger charge is 2.17. The standard InChI is InChI=1S/C12H16ClN3O3/c1-6(14)8-2-10(13)9-3-15-16-11(9)12(8)19-5-7(18)4-17/h2-3,6-7,17-18H,4-5,14H2,1H3,(H,15,16). The number of nitrogens with one attached hydrogen (secondary N) is 1. The molecule has 1 aromatic heterocycles. The zero-order valence-electron chi connectivity index (χ0n) is 10.4. The first-order chi connectivity index (χ1) is 9.04. The molecule has 0 radical (unpaired) electrons. The first kappa shape index (κ1) is 14.1. The van der Waals surface area contributed by atoms with Gasteiger partial charge in [-0.3, -0.25) is 5.10 Å². The number of ether oxygens (including phenoxy) is 1. The van der Waals surface area contributed by atoms with Crippen molar-refractivity contribution in [3.05, 3.63) is 22.8 Å². The predicted octanol–water partition coefficient (Wildman–Crippen LogP) is 0.968. The Labute approximate surface area is 115 Å². The summed E-state index contributed by atoms with van der Waals surface area (Å²) in [4.78, 5) is 0. The fourth-order valence-corrected chi connectivity index (χ4v) is 2.05. The molecule has 0 bridgehead atoms. The van der Waals surface area contributed by atoms with Crippen molar-refractivity contribution in [3.8, 4) is 5.75 Å². The first-order valence-corrected chi connectivity index (χ1v) is 6.25. The van der Waals surface area contributed by atoms with Gasteiger partial charge in [-0.05, 0) is 13.0 Å². The van der Waals surface area contributed by atoms with Gasteiger partial charge < -0.3 is 20.7 Å². The van der Waals surface area contributed by atoms with Crippen LogP contribution in [0.3, 0.4) is 0 Å². The minimum Gasteiger partial charge on any atom is -0.488 e. The Morgan fingerprint density at radius 3 is 2.95 bits per heavy atom. The van der Waals surface area contributed by atoms with Crippen LogP contribution >= 0.6 is 11.6 Å². The lowest BCUT2D eigenvalue weighted by Crippen LogP contribution is -2.22. The molecule has 2 atom stereocenters. The van der Waals surface area contributed by atoms with Crippen LogP contribution in [0.25, 0.3) is 10.9 Å². The molecule has 0 aliphatic rings. The number of fused-ring (bicyclic) bond motifs is 1. The molecule has 5 N–H and O–H groups in total. The van der Waals surface area contributed by atoms with Crippen molar-refractivity contribution in [3.63, 3.8) is 0 Å². The van der Waals surface area contributed by atoms with Crippen LogP contribution in [0.4, 0.5) is 0 Å². The fraction of sp³-hybridized carbons (Fsp3) is 0.417. The molecule has 1 aromatic carbocycles. The molecule has 0 saturated carbocycles. The highest BCUT2D eigenvalue weighted by atomic mass is 35.5. The molecule has 2 rings (SSSR count). The third-order valence-electron chi connectivity index (χ3n) is 2.79. The number of aromatic nitrogens is 2. The van der Waals surface area contributed by atoms with Crippen LogP contribution in [-0.2, 0) is 0 Å². The fourth-order valence-electron chi connectivity index (χ4n) is 1.79. The lowest BCUT2D eigenvalue weighted by molar-refractivity contribution is 0.0536. The van der Waals surface area contributed by atoms with Gasteiger partial charge in [0.25, 0.3) is 0 Å². The number of H-pyrrole nitrogens is 1. The third-order valence-corrected chi connectivity index (χ3v) is 3.10. The highest BCUT2D eigenvalue weighted by molar-refractivity contribution is 6.35. The van der Waals surface area contributed by atoms with Crippen LogP contribution < -0.4 is 10.5 Å². The van der Waals surface area contributed by atoms with Crippen molar-refractivity contribution in [2.75, 3.05) is 13.2 Å². The molecule has 0 amide bonds. The number of nitrogens with two attached hydrogens (primary N) is 1. The highest BCUT2D eigenvalue weighted by Crippen LogP contribution is 2.36. The Hall–Kier alpha value is -1.34. The smallest absolute Gasteiger partial charge is 0.149 e. The van der Waals surface area contributed by atoms with Crippen LogP contribution in [-0.4, -0.2) is 39.7 Å². The Balaban J connectivity index is 2.46. The van der Waals surface area contributed by atoms with E-state index in [0.717, 1.165) is 5.39 Å². The van der Waals surface area contributed by atoms with E-state index < -0.39 is 6.10 Å². The number of aliphatic hydroxyl groups is 2. The van der Waals surface area contributed by atoms with Crippen LogP contribution in [0.2, 0.25) is 5.02 Å². The second-order valence-corrected chi connectivity index (χ2v) is 4.78. The molecule has 0 saturated heterocycles. The second-order valence-electron chi connectivity index (χ2n) is 4.37. The van der Waals surface area contributed by atoms with Gasteiger partial charge in [-0.2, -0.15) is 5.10 Å². The van der Waals surface area contributed by atoms with Gasteiger partial charge in [0, 0.05) is 17.0 Å². The van der Waals surface area contributed by atoms with Crippen molar-refractivity contribution < 1.29 is 14.9 Å². The van der Waals surface area contributed by atoms with E-state index in [0.29, 0.717) is 21.9 Å². The molecule has 19 heavy (non-hydrogen) atoms. The van der Waals surface area contributed by atoms with Gasteiger partial charge in [0.05, 0.1) is 17.8 Å². The SMILES string of the molecule is CC(N)c1cc(Cl)c2cn[nH]c2c1OCC(O)CO. The number of benzene rings is 1. The van der Waals surface area contributed by atoms with Gasteiger partial charge in [-0.25, -0.2) is 0 Å². The van der Waals surface area contributed by atoms with Crippen LogP contribution in [0.1, 0.15) is 18.5 Å². The van der Waals surface area contributed by atoms with E-state index >= 15 is 0 Å². The number of aromatic amines is 1. The van der Waals surface area contributed by atoms with Crippen LogP contribution in [0, 0.1) is 0 Å². The maximum Gasteiger partial charge on any atom is 0.149 e. The maximum absolute atomic E-state index is 9.37. The van der Waals surface area contributed by atoms with E-state index in [1.807, 2.05) is 6.92 Å². The number of rotatable bonds is 5. The summed E-state index contributed by atoms with van der Waals surface area (Å²) in [6.07, 6.45) is 0.646. The molecule has 7 heteroatoms. The molecule has 104 valence electrons. The maximum atomic E-state index is 9.37. The molecule has 0 fully saturated rings. The normalized spacial score (nSPS) is 14.6. The number of nitrogens with zero attached hydrogens (tertiary/aromatic N) is 1. The summed E-state index contributed by atoms with van der Waals surface area (Å²) in [6, 6.07) is 1.44. The Morgan fingerprint density at radius 2 is 2.32 bits per heavy atom. The average Bonchev–Trinajstić information content (AvgIpc) is 2.86. The average molecular weight is 286 g/mol. The molecule has 2 unspecified atom stereocenters. The summed E-state index contributed by atoms with van der Waals surface area (Å²) in [5.41, 5.74) is 7.24. The zero-order chi connectivity index (χ0) is 14.0. The first-order valence-electron chi connectivity index (χ1n) is 5.87. The summed E-state index contributed by atoms with van der Waals surface area (Å²) in [6.45, 7) is 1.41. The van der Waals surface area contributed by atoms with Gasteiger partial charge in [0.1, 0.15) is 24.0 Å². The third kappa shape index (κ3) is 2.82. The summed E-state index contributed by atoms with van der Waals surface area (Å²) in [7, 11) is 0. The van der Waals surface area contributed by atoms with Crippen molar-refractivity contribution >= 4 is 22.5 Å². The molecule has 2 aromatic rings. The lowest BCUT2D eigenvalue weighted by Gasteiger charge is -2.17. The largest absolute Gasteiger partial charge is 0.488 e. The van der Waals surface area contributed by atoms with Gasteiger partial charge in [-0.15, -0.1) is 0 Å². The Bertz CT molecular complexity index is 571. The predicted molar refractivity (Wildman–Crippen MR) is 72.3 cm³/mol. The van der Waals surface area contributed by atoms with E-state index in [1.54, 1.807) is 12.3 Å². The van der Waals surface area contributed by atoms with E-state index in [4.69, 9.17) is 27.2 Å². The molecule has 0 aliphatic carbocycles. The van der Waals surface area contributed by atoms with Crippen molar-refractivity contribution in [1.82, 2.24) is 10.2 Å². The molecular formula is C12H16ClN3O3. The monoisotopic (exact) mass is 285 g/mol. The number of hydrogen-bond acceptors (Lipinski definition) is 5.